The number of ether oxygens (including phenoxy) is 1. The SMILES string of the molecule is COC(=O)c1ccccc1NC(=O)CC1S/C(=N\c2ncccn2)NC1=O. The summed E-state index contributed by atoms with van der Waals surface area (Å²) in [5.41, 5.74) is 0.560. The summed E-state index contributed by atoms with van der Waals surface area (Å²) < 4.78 is 4.69. The number of esters is 1. The second-order valence-electron chi connectivity index (χ2n) is 5.35. The van der Waals surface area contributed by atoms with Gasteiger partial charge in [0.15, 0.2) is 5.17 Å². The minimum Gasteiger partial charge on any atom is -0.465 e. The number of para-hydroxylation sites is 1. The highest BCUT2D eigenvalue weighted by Crippen LogP contribution is 2.25. The molecule has 3 rings (SSSR count). The van der Waals surface area contributed by atoms with Gasteiger partial charge in [-0.15, -0.1) is 0 Å². The molecule has 0 spiro atoms. The fourth-order valence-corrected chi connectivity index (χ4v) is 3.25. The van der Waals surface area contributed by atoms with E-state index >= 15 is 0 Å². The lowest BCUT2D eigenvalue weighted by Gasteiger charge is -2.10. The zero-order valence-corrected chi connectivity index (χ0v) is 15.0. The van der Waals surface area contributed by atoms with E-state index in [1.807, 2.05) is 0 Å². The number of carbonyl (C=O) groups is 3. The lowest BCUT2D eigenvalue weighted by Crippen LogP contribution is -2.28. The second-order valence-corrected chi connectivity index (χ2v) is 6.54. The number of amides is 2. The number of hydrogen-bond acceptors (Lipinski definition) is 8. The smallest absolute Gasteiger partial charge is 0.339 e. The maximum atomic E-state index is 12.3. The monoisotopic (exact) mass is 385 g/mol. The van der Waals surface area contributed by atoms with E-state index < -0.39 is 17.1 Å². The molecule has 0 aliphatic carbocycles. The van der Waals surface area contributed by atoms with E-state index in [0.717, 1.165) is 11.8 Å². The molecule has 2 amide bonds. The molecule has 2 aromatic rings. The first-order valence-corrected chi connectivity index (χ1v) is 8.75. The van der Waals surface area contributed by atoms with Gasteiger partial charge in [-0.2, -0.15) is 4.99 Å². The molecule has 2 N–H and O–H groups in total. The van der Waals surface area contributed by atoms with Crippen LogP contribution in [0.2, 0.25) is 0 Å². The van der Waals surface area contributed by atoms with Crippen LogP contribution < -0.4 is 10.6 Å². The normalized spacial score (nSPS) is 17.4. The number of carbonyl (C=O) groups excluding carboxylic acids is 3. The van der Waals surface area contributed by atoms with Crippen molar-refractivity contribution in [1.82, 2.24) is 15.3 Å². The Labute approximate surface area is 158 Å². The molecule has 1 unspecified atom stereocenters. The van der Waals surface area contributed by atoms with Crippen molar-refractivity contribution in [3.63, 3.8) is 0 Å². The molecular weight excluding hydrogens is 370 g/mol. The number of nitrogens with zero attached hydrogens (tertiary/aromatic N) is 3. The van der Waals surface area contributed by atoms with Gasteiger partial charge in [-0.05, 0) is 18.2 Å². The fourth-order valence-electron chi connectivity index (χ4n) is 2.28. The Morgan fingerprint density at radius 2 is 2.00 bits per heavy atom. The molecule has 1 aromatic carbocycles. The molecule has 0 saturated carbocycles. The maximum absolute atomic E-state index is 12.3. The van der Waals surface area contributed by atoms with Crippen molar-refractivity contribution in [2.75, 3.05) is 12.4 Å². The first-order chi connectivity index (χ1) is 13.1. The molecular formula is C17H15N5O4S. The average Bonchev–Trinajstić information content (AvgIpc) is 3.01. The van der Waals surface area contributed by atoms with E-state index in [2.05, 4.69) is 25.6 Å². The van der Waals surface area contributed by atoms with Crippen LogP contribution in [0.15, 0.2) is 47.7 Å². The van der Waals surface area contributed by atoms with Gasteiger partial charge >= 0.3 is 5.97 Å². The molecule has 9 nitrogen and oxygen atoms in total. The molecule has 1 aromatic heterocycles. The Bertz CT molecular complexity index is 903. The van der Waals surface area contributed by atoms with Crippen molar-refractivity contribution in [3.05, 3.63) is 48.3 Å². The molecule has 10 heteroatoms. The van der Waals surface area contributed by atoms with Crippen LogP contribution in [-0.2, 0) is 14.3 Å². The van der Waals surface area contributed by atoms with Gasteiger partial charge in [-0.3, -0.25) is 9.59 Å². The van der Waals surface area contributed by atoms with E-state index in [-0.39, 0.29) is 23.8 Å². The molecule has 0 radical (unpaired) electrons. The minimum absolute atomic E-state index is 0.0827. The van der Waals surface area contributed by atoms with Crippen molar-refractivity contribution in [3.8, 4) is 0 Å². The van der Waals surface area contributed by atoms with Crippen LogP contribution in [-0.4, -0.2) is 45.3 Å². The van der Waals surface area contributed by atoms with Gasteiger partial charge in [0.25, 0.3) is 5.95 Å². The van der Waals surface area contributed by atoms with Gasteiger partial charge in [0.05, 0.1) is 18.4 Å². The summed E-state index contributed by atoms with van der Waals surface area (Å²) in [5.74, 6) is -1.07. The van der Waals surface area contributed by atoms with Crippen molar-refractivity contribution in [2.45, 2.75) is 11.7 Å². The van der Waals surface area contributed by atoms with E-state index in [0.29, 0.717) is 10.9 Å². The highest BCUT2D eigenvalue weighted by Gasteiger charge is 2.32. The van der Waals surface area contributed by atoms with Gasteiger partial charge in [0.2, 0.25) is 11.8 Å². The number of rotatable bonds is 5. The molecule has 1 fully saturated rings. The number of hydrogen-bond donors (Lipinski definition) is 2. The van der Waals surface area contributed by atoms with Crippen LogP contribution in [0.5, 0.6) is 0 Å². The third-order valence-electron chi connectivity index (χ3n) is 3.51. The summed E-state index contributed by atoms with van der Waals surface area (Å²) >= 11 is 1.12. The van der Waals surface area contributed by atoms with Gasteiger partial charge in [0.1, 0.15) is 5.25 Å². The molecule has 138 valence electrons. The third-order valence-corrected chi connectivity index (χ3v) is 4.59. The standard InChI is InChI=1S/C17H15N5O4S/c1-26-15(25)10-5-2-3-6-11(10)20-13(23)9-12-14(24)21-17(27-12)22-16-18-7-4-8-19-16/h2-8,12H,9H2,1H3,(H,20,23)(H,18,19,21,22,24). The van der Waals surface area contributed by atoms with Gasteiger partial charge < -0.3 is 15.4 Å². The summed E-state index contributed by atoms with van der Waals surface area (Å²) in [7, 11) is 1.26. The van der Waals surface area contributed by atoms with Gasteiger partial charge in [-0.1, -0.05) is 23.9 Å². The van der Waals surface area contributed by atoms with Crippen LogP contribution in [0.25, 0.3) is 0 Å². The number of aliphatic imine (C=N–C) groups is 1. The van der Waals surface area contributed by atoms with Gasteiger partial charge in [0, 0.05) is 18.8 Å². The Morgan fingerprint density at radius 3 is 2.74 bits per heavy atom. The number of thioether (sulfide) groups is 1. The number of benzene rings is 1. The van der Waals surface area contributed by atoms with Crippen LogP contribution in [0.1, 0.15) is 16.8 Å². The Kier molecular flexibility index (Phi) is 5.77. The molecule has 1 saturated heterocycles. The van der Waals surface area contributed by atoms with Crippen molar-refractivity contribution in [2.24, 2.45) is 4.99 Å². The number of anilines is 1. The summed E-state index contributed by atoms with van der Waals surface area (Å²) in [5, 5.41) is 4.93. The van der Waals surface area contributed by atoms with E-state index in [9.17, 15) is 14.4 Å². The lowest BCUT2D eigenvalue weighted by atomic mass is 10.1. The van der Waals surface area contributed by atoms with Crippen molar-refractivity contribution in [1.29, 1.82) is 0 Å². The van der Waals surface area contributed by atoms with Crippen LogP contribution >= 0.6 is 11.8 Å². The number of methoxy groups -OCH3 is 1. The first kappa shape index (κ1) is 18.5. The summed E-state index contributed by atoms with van der Waals surface area (Å²) in [4.78, 5) is 48.2. The van der Waals surface area contributed by atoms with Crippen molar-refractivity contribution < 1.29 is 19.1 Å². The molecule has 0 bridgehead atoms. The highest BCUT2D eigenvalue weighted by molar-refractivity contribution is 8.15. The number of nitrogens with one attached hydrogen (secondary N) is 2. The predicted octanol–water partition coefficient (Wildman–Crippen LogP) is 1.51. The van der Waals surface area contributed by atoms with E-state index in [4.69, 9.17) is 4.74 Å². The Morgan fingerprint density at radius 1 is 1.26 bits per heavy atom. The summed E-state index contributed by atoms with van der Waals surface area (Å²) in [6.45, 7) is 0. The highest BCUT2D eigenvalue weighted by atomic mass is 32.2. The van der Waals surface area contributed by atoms with E-state index in [1.165, 1.54) is 19.5 Å². The maximum Gasteiger partial charge on any atom is 0.339 e. The largest absolute Gasteiger partial charge is 0.465 e. The van der Waals surface area contributed by atoms with Crippen LogP contribution in [0.3, 0.4) is 0 Å². The first-order valence-electron chi connectivity index (χ1n) is 7.87. The Hall–Kier alpha value is -3.27. The second kappa shape index (κ2) is 8.41. The molecule has 1 aliphatic heterocycles. The van der Waals surface area contributed by atoms with Crippen LogP contribution in [0, 0.1) is 0 Å². The zero-order valence-electron chi connectivity index (χ0n) is 14.2. The van der Waals surface area contributed by atoms with E-state index in [1.54, 1.807) is 30.3 Å². The fraction of sp³-hybridized carbons (Fsp3) is 0.176. The van der Waals surface area contributed by atoms with Crippen molar-refractivity contribution >= 4 is 46.3 Å². The molecule has 1 atom stereocenters. The lowest BCUT2D eigenvalue weighted by molar-refractivity contribution is -0.122. The predicted molar refractivity (Wildman–Crippen MR) is 99.7 cm³/mol. The minimum atomic E-state index is -0.641. The summed E-state index contributed by atoms with van der Waals surface area (Å²) in [6, 6.07) is 8.14. The van der Waals surface area contributed by atoms with Gasteiger partial charge in [-0.25, -0.2) is 14.8 Å². The Balaban J connectivity index is 1.64. The zero-order chi connectivity index (χ0) is 19.2. The third kappa shape index (κ3) is 4.67. The van der Waals surface area contributed by atoms with Crippen LogP contribution in [0.4, 0.5) is 11.6 Å². The summed E-state index contributed by atoms with van der Waals surface area (Å²) in [6.07, 6.45) is 3.00. The number of aromatic nitrogens is 2. The molecule has 27 heavy (non-hydrogen) atoms. The molecule has 2 heterocycles. The molecule has 1 aliphatic rings. The topological polar surface area (TPSA) is 123 Å². The quantitative estimate of drug-likeness (QED) is 0.748. The average molecular weight is 385 g/mol. The number of amidine groups is 1.